The summed E-state index contributed by atoms with van der Waals surface area (Å²) in [6.07, 6.45) is 1.08. The molecule has 0 aliphatic heterocycles. The third kappa shape index (κ3) is 7.33. The molecule has 0 bridgehead atoms. The fourth-order valence-corrected chi connectivity index (χ4v) is 1.05. The minimum atomic E-state index is 0.0480. The monoisotopic (exact) mass is 265 g/mol. The maximum Gasteiger partial charge on any atom is 0.248 e. The van der Waals surface area contributed by atoms with Crippen LogP contribution < -0.4 is 0 Å². The normalized spacial score (nSPS) is 13.0. The lowest BCUT2D eigenvalue weighted by Gasteiger charge is -2.18. The zero-order chi connectivity index (χ0) is 11.1. The number of hydrogen-bond donors (Lipinski definition) is 0. The lowest BCUT2D eigenvalue weighted by atomic mass is 10.3. The summed E-state index contributed by atoms with van der Waals surface area (Å²) >= 11 is 3.44. The number of halogens is 1. The van der Waals surface area contributed by atoms with Crippen LogP contribution >= 0.6 is 15.9 Å². The van der Waals surface area contributed by atoms with Gasteiger partial charge in [-0.15, -0.1) is 0 Å². The van der Waals surface area contributed by atoms with Crippen LogP contribution in [-0.2, 0) is 9.53 Å². The number of likely N-dealkylation sites (N-methyl/N-ethyl adjacent to an activating group) is 1. The van der Waals surface area contributed by atoms with Crippen molar-refractivity contribution in [1.82, 2.24) is 4.90 Å². The minimum Gasteiger partial charge on any atom is -0.369 e. The molecule has 0 aromatic carbocycles. The molecule has 1 unspecified atom stereocenters. The van der Waals surface area contributed by atoms with Crippen molar-refractivity contribution in [3.05, 3.63) is 0 Å². The molecule has 0 aliphatic rings. The van der Waals surface area contributed by atoms with E-state index in [1.54, 1.807) is 11.9 Å². The Morgan fingerprint density at radius 3 is 2.43 bits per heavy atom. The molecule has 84 valence electrons. The fraction of sp³-hybridized carbons (Fsp3) is 0.900. The minimum absolute atomic E-state index is 0.0480. The Labute approximate surface area is 94.9 Å². The van der Waals surface area contributed by atoms with Crippen molar-refractivity contribution in [3.8, 4) is 0 Å². The standard InChI is InChI=1S/C10H20BrNO2/c1-8(2)14-7-10(13)12(4)6-5-9(3)11/h8-9H,5-7H2,1-4H3. The van der Waals surface area contributed by atoms with Crippen molar-refractivity contribution in [1.29, 1.82) is 0 Å². The summed E-state index contributed by atoms with van der Waals surface area (Å²) in [4.78, 5) is 13.6. The molecule has 0 rings (SSSR count). The summed E-state index contributed by atoms with van der Waals surface area (Å²) in [5, 5.41) is 0. The van der Waals surface area contributed by atoms with Crippen LogP contribution in [0.5, 0.6) is 0 Å². The van der Waals surface area contributed by atoms with Crippen LogP contribution in [0.25, 0.3) is 0 Å². The molecule has 0 aliphatic carbocycles. The summed E-state index contributed by atoms with van der Waals surface area (Å²) < 4.78 is 5.23. The predicted octanol–water partition coefficient (Wildman–Crippen LogP) is 2.04. The van der Waals surface area contributed by atoms with E-state index in [-0.39, 0.29) is 18.6 Å². The topological polar surface area (TPSA) is 29.5 Å². The van der Waals surface area contributed by atoms with E-state index < -0.39 is 0 Å². The Hall–Kier alpha value is -0.0900. The van der Waals surface area contributed by atoms with Crippen LogP contribution in [0.2, 0.25) is 0 Å². The molecule has 0 saturated carbocycles. The molecule has 14 heavy (non-hydrogen) atoms. The Kier molecular flexibility index (Phi) is 7.19. The van der Waals surface area contributed by atoms with Crippen LogP contribution in [0.4, 0.5) is 0 Å². The molecule has 1 amide bonds. The highest BCUT2D eigenvalue weighted by molar-refractivity contribution is 9.09. The number of carbonyl (C=O) groups excluding carboxylic acids is 1. The van der Waals surface area contributed by atoms with E-state index in [2.05, 4.69) is 22.9 Å². The average molecular weight is 266 g/mol. The highest BCUT2D eigenvalue weighted by Crippen LogP contribution is 2.04. The number of ether oxygens (including phenoxy) is 1. The second-order valence-electron chi connectivity index (χ2n) is 3.74. The van der Waals surface area contributed by atoms with Gasteiger partial charge < -0.3 is 9.64 Å². The van der Waals surface area contributed by atoms with Gasteiger partial charge in [0.05, 0.1) is 6.10 Å². The molecule has 0 saturated heterocycles. The van der Waals surface area contributed by atoms with E-state index in [0.717, 1.165) is 13.0 Å². The Bertz CT molecular complexity index is 172. The first kappa shape index (κ1) is 13.9. The van der Waals surface area contributed by atoms with Crippen molar-refractivity contribution in [2.45, 2.75) is 38.1 Å². The smallest absolute Gasteiger partial charge is 0.248 e. The maximum atomic E-state index is 11.4. The maximum absolute atomic E-state index is 11.4. The van der Waals surface area contributed by atoms with Gasteiger partial charge >= 0.3 is 0 Å². The quantitative estimate of drug-likeness (QED) is 0.688. The molecule has 0 heterocycles. The second kappa shape index (κ2) is 7.23. The number of alkyl halides is 1. The van der Waals surface area contributed by atoms with Crippen molar-refractivity contribution in [2.24, 2.45) is 0 Å². The van der Waals surface area contributed by atoms with Crippen LogP contribution in [0.1, 0.15) is 27.2 Å². The predicted molar refractivity (Wildman–Crippen MR) is 61.7 cm³/mol. The van der Waals surface area contributed by atoms with Gasteiger partial charge in [-0.1, -0.05) is 22.9 Å². The number of carbonyl (C=O) groups is 1. The highest BCUT2D eigenvalue weighted by atomic mass is 79.9. The summed E-state index contributed by atoms with van der Waals surface area (Å²) in [5.41, 5.74) is 0. The Morgan fingerprint density at radius 2 is 2.00 bits per heavy atom. The molecule has 4 heteroatoms. The summed E-state index contributed by atoms with van der Waals surface area (Å²) in [7, 11) is 1.81. The first-order valence-corrected chi connectivity index (χ1v) is 5.84. The van der Waals surface area contributed by atoms with Gasteiger partial charge in [-0.2, -0.15) is 0 Å². The molecule has 0 fully saturated rings. The first-order valence-electron chi connectivity index (χ1n) is 4.93. The van der Waals surface area contributed by atoms with Gasteiger partial charge in [0, 0.05) is 18.4 Å². The SMILES string of the molecule is CC(Br)CCN(C)C(=O)COC(C)C. The van der Waals surface area contributed by atoms with Crippen LogP contribution in [0.3, 0.4) is 0 Å². The summed E-state index contributed by atoms with van der Waals surface area (Å²) in [5.74, 6) is 0.0480. The third-order valence-electron chi connectivity index (χ3n) is 1.83. The molecule has 0 aromatic heterocycles. The molecular formula is C10H20BrNO2. The average Bonchev–Trinajstić information content (AvgIpc) is 2.09. The van der Waals surface area contributed by atoms with Crippen LogP contribution in [0, 0.1) is 0 Å². The largest absolute Gasteiger partial charge is 0.369 e. The fourth-order valence-electron chi connectivity index (χ4n) is 0.844. The van der Waals surface area contributed by atoms with Crippen molar-refractivity contribution in [2.75, 3.05) is 20.2 Å². The number of amides is 1. The molecule has 0 spiro atoms. The van der Waals surface area contributed by atoms with Gasteiger partial charge in [0.2, 0.25) is 5.91 Å². The van der Waals surface area contributed by atoms with Gasteiger partial charge in [-0.05, 0) is 20.3 Å². The van der Waals surface area contributed by atoms with Gasteiger partial charge in [-0.3, -0.25) is 4.79 Å². The van der Waals surface area contributed by atoms with Crippen molar-refractivity contribution >= 4 is 21.8 Å². The Balaban J connectivity index is 3.65. The van der Waals surface area contributed by atoms with E-state index in [0.29, 0.717) is 4.83 Å². The van der Waals surface area contributed by atoms with Gasteiger partial charge in [0.25, 0.3) is 0 Å². The first-order chi connectivity index (χ1) is 6.43. The van der Waals surface area contributed by atoms with E-state index in [4.69, 9.17) is 4.74 Å². The summed E-state index contributed by atoms with van der Waals surface area (Å²) in [6, 6.07) is 0. The molecule has 0 aromatic rings. The Morgan fingerprint density at radius 1 is 1.43 bits per heavy atom. The van der Waals surface area contributed by atoms with Crippen molar-refractivity contribution < 1.29 is 9.53 Å². The number of nitrogens with zero attached hydrogens (tertiary/aromatic N) is 1. The lowest BCUT2D eigenvalue weighted by Crippen LogP contribution is -2.32. The lowest BCUT2D eigenvalue weighted by molar-refractivity contribution is -0.136. The van der Waals surface area contributed by atoms with E-state index in [1.165, 1.54) is 0 Å². The summed E-state index contributed by atoms with van der Waals surface area (Å²) in [6.45, 7) is 6.88. The molecule has 0 N–H and O–H groups in total. The third-order valence-corrected chi connectivity index (χ3v) is 2.29. The van der Waals surface area contributed by atoms with Crippen LogP contribution in [-0.4, -0.2) is 41.9 Å². The molecule has 1 atom stereocenters. The van der Waals surface area contributed by atoms with E-state index >= 15 is 0 Å². The van der Waals surface area contributed by atoms with E-state index in [9.17, 15) is 4.79 Å². The molecular weight excluding hydrogens is 246 g/mol. The number of hydrogen-bond acceptors (Lipinski definition) is 2. The zero-order valence-corrected chi connectivity index (χ0v) is 11.0. The van der Waals surface area contributed by atoms with E-state index in [1.807, 2.05) is 13.8 Å². The second-order valence-corrected chi connectivity index (χ2v) is 5.31. The zero-order valence-electron chi connectivity index (χ0n) is 9.42. The van der Waals surface area contributed by atoms with Crippen LogP contribution in [0.15, 0.2) is 0 Å². The highest BCUT2D eigenvalue weighted by Gasteiger charge is 2.10. The van der Waals surface area contributed by atoms with Crippen molar-refractivity contribution in [3.63, 3.8) is 0 Å². The molecule has 3 nitrogen and oxygen atoms in total. The van der Waals surface area contributed by atoms with Gasteiger partial charge in [0.15, 0.2) is 0 Å². The van der Waals surface area contributed by atoms with Gasteiger partial charge in [0.1, 0.15) is 6.61 Å². The molecule has 0 radical (unpaired) electrons. The van der Waals surface area contributed by atoms with Gasteiger partial charge in [-0.25, -0.2) is 0 Å². The number of rotatable bonds is 6.